The number of rotatable bonds is 5. The molecule has 20 heavy (non-hydrogen) atoms. The molecule has 0 aliphatic rings. The number of nitrogen functional groups attached to an aromatic ring is 1. The summed E-state index contributed by atoms with van der Waals surface area (Å²) in [5.74, 6) is 0.628. The number of halogens is 2. The minimum atomic E-state index is 0.410. The van der Waals surface area contributed by atoms with E-state index in [2.05, 4.69) is 34.9 Å². The lowest BCUT2D eigenvalue weighted by molar-refractivity contribution is 0.293. The Bertz CT molecular complexity index is 613. The Morgan fingerprint density at radius 3 is 2.75 bits per heavy atom. The van der Waals surface area contributed by atoms with Crippen molar-refractivity contribution in [2.75, 3.05) is 5.73 Å². The van der Waals surface area contributed by atoms with Gasteiger partial charge in [0.15, 0.2) is 0 Å². The summed E-state index contributed by atoms with van der Waals surface area (Å²) in [6.07, 6.45) is 0.879. The Hall–Kier alpha value is -1.20. The quantitative estimate of drug-likeness (QED) is 0.821. The zero-order valence-corrected chi connectivity index (χ0v) is 13.8. The standard InChI is InChI=1S/C14H17BrClN3O/c1-3-11-14(15)12(19(4-2)18-11)8-20-13-6-5-9(16)7-10(13)17/h5-7H,3-4,8,17H2,1-2H3. The summed E-state index contributed by atoms with van der Waals surface area (Å²) in [5, 5.41) is 5.13. The van der Waals surface area contributed by atoms with Crippen molar-refractivity contribution in [2.45, 2.75) is 33.4 Å². The SMILES string of the molecule is CCc1nn(CC)c(COc2ccc(Cl)cc2N)c1Br. The van der Waals surface area contributed by atoms with Gasteiger partial charge in [0.2, 0.25) is 0 Å². The van der Waals surface area contributed by atoms with Gasteiger partial charge in [-0.1, -0.05) is 18.5 Å². The Labute approximate surface area is 132 Å². The monoisotopic (exact) mass is 357 g/mol. The second kappa shape index (κ2) is 6.50. The van der Waals surface area contributed by atoms with Gasteiger partial charge >= 0.3 is 0 Å². The van der Waals surface area contributed by atoms with Crippen LogP contribution in [0.15, 0.2) is 22.7 Å². The Morgan fingerprint density at radius 2 is 2.15 bits per heavy atom. The lowest BCUT2D eigenvalue weighted by Gasteiger charge is -2.10. The van der Waals surface area contributed by atoms with Crippen LogP contribution in [0.4, 0.5) is 5.69 Å². The number of hydrogen-bond acceptors (Lipinski definition) is 3. The van der Waals surface area contributed by atoms with Gasteiger partial charge in [-0.2, -0.15) is 5.10 Å². The molecule has 0 saturated heterocycles. The fraction of sp³-hybridized carbons (Fsp3) is 0.357. The van der Waals surface area contributed by atoms with Gasteiger partial charge in [0, 0.05) is 11.6 Å². The van der Waals surface area contributed by atoms with E-state index in [1.807, 2.05) is 4.68 Å². The third-order valence-electron chi connectivity index (χ3n) is 3.03. The van der Waals surface area contributed by atoms with Gasteiger partial charge in [-0.15, -0.1) is 0 Å². The van der Waals surface area contributed by atoms with Crippen LogP contribution in [-0.4, -0.2) is 9.78 Å². The van der Waals surface area contributed by atoms with E-state index in [0.29, 0.717) is 23.1 Å². The maximum atomic E-state index is 5.88. The highest BCUT2D eigenvalue weighted by Crippen LogP contribution is 2.28. The lowest BCUT2D eigenvalue weighted by atomic mass is 10.3. The van der Waals surface area contributed by atoms with Crippen LogP contribution in [0, 0.1) is 0 Å². The highest BCUT2D eigenvalue weighted by Gasteiger charge is 2.14. The molecule has 2 N–H and O–H groups in total. The van der Waals surface area contributed by atoms with E-state index in [1.54, 1.807) is 18.2 Å². The molecule has 1 aromatic carbocycles. The molecule has 108 valence electrons. The summed E-state index contributed by atoms with van der Waals surface area (Å²) >= 11 is 9.46. The van der Waals surface area contributed by atoms with E-state index in [-0.39, 0.29) is 0 Å². The molecule has 1 heterocycles. The first kappa shape index (κ1) is 15.2. The first-order valence-corrected chi connectivity index (χ1v) is 7.65. The largest absolute Gasteiger partial charge is 0.485 e. The third-order valence-corrected chi connectivity index (χ3v) is 4.18. The summed E-state index contributed by atoms with van der Waals surface area (Å²) in [7, 11) is 0. The molecule has 0 aliphatic heterocycles. The first-order chi connectivity index (χ1) is 9.56. The van der Waals surface area contributed by atoms with Crippen molar-refractivity contribution in [3.63, 3.8) is 0 Å². The molecule has 6 heteroatoms. The van der Waals surface area contributed by atoms with Crippen molar-refractivity contribution in [1.82, 2.24) is 9.78 Å². The Kier molecular flexibility index (Phi) is 4.94. The average Bonchev–Trinajstić information content (AvgIpc) is 2.74. The molecule has 0 radical (unpaired) electrons. The Balaban J connectivity index is 2.20. The van der Waals surface area contributed by atoms with Crippen LogP contribution in [-0.2, 0) is 19.6 Å². The van der Waals surface area contributed by atoms with Crippen molar-refractivity contribution in [3.8, 4) is 5.75 Å². The molecule has 2 aromatic rings. The molecule has 0 bridgehead atoms. The topological polar surface area (TPSA) is 53.1 Å². The predicted molar refractivity (Wildman–Crippen MR) is 85.2 cm³/mol. The van der Waals surface area contributed by atoms with Crippen molar-refractivity contribution in [3.05, 3.63) is 39.1 Å². The van der Waals surface area contributed by atoms with Crippen LogP contribution in [0.1, 0.15) is 25.2 Å². The summed E-state index contributed by atoms with van der Waals surface area (Å²) in [4.78, 5) is 0. The van der Waals surface area contributed by atoms with E-state index in [9.17, 15) is 0 Å². The molecule has 0 saturated carbocycles. The zero-order valence-electron chi connectivity index (χ0n) is 11.5. The number of anilines is 1. The summed E-state index contributed by atoms with van der Waals surface area (Å²) in [6, 6.07) is 5.22. The molecular weight excluding hydrogens is 342 g/mol. The third kappa shape index (κ3) is 3.10. The maximum absolute atomic E-state index is 5.88. The molecule has 0 atom stereocenters. The summed E-state index contributed by atoms with van der Waals surface area (Å²) < 4.78 is 8.73. The van der Waals surface area contributed by atoms with Gasteiger partial charge in [0.05, 0.1) is 21.5 Å². The number of nitrogens with zero attached hydrogens (tertiary/aromatic N) is 2. The number of hydrogen-bond donors (Lipinski definition) is 1. The van der Waals surface area contributed by atoms with Gasteiger partial charge in [0.25, 0.3) is 0 Å². The minimum Gasteiger partial charge on any atom is -0.485 e. The van der Waals surface area contributed by atoms with Crippen molar-refractivity contribution < 1.29 is 4.74 Å². The average molecular weight is 359 g/mol. The molecule has 0 amide bonds. The second-order valence-corrected chi connectivity index (χ2v) is 5.58. The molecular formula is C14H17BrClN3O. The number of aromatic nitrogens is 2. The predicted octanol–water partition coefficient (Wildman–Crippen LogP) is 4.04. The lowest BCUT2D eigenvalue weighted by Crippen LogP contribution is -2.07. The van der Waals surface area contributed by atoms with Gasteiger partial charge in [-0.3, -0.25) is 4.68 Å². The van der Waals surface area contributed by atoms with Crippen LogP contribution in [0.5, 0.6) is 5.75 Å². The number of nitrogens with two attached hydrogens (primary N) is 1. The Morgan fingerprint density at radius 1 is 1.40 bits per heavy atom. The van der Waals surface area contributed by atoms with E-state index in [4.69, 9.17) is 22.1 Å². The number of ether oxygens (including phenoxy) is 1. The zero-order chi connectivity index (χ0) is 14.7. The van der Waals surface area contributed by atoms with Crippen LogP contribution in [0.25, 0.3) is 0 Å². The summed E-state index contributed by atoms with van der Waals surface area (Å²) in [5.41, 5.74) is 8.47. The smallest absolute Gasteiger partial charge is 0.142 e. The molecule has 4 nitrogen and oxygen atoms in total. The molecule has 2 rings (SSSR count). The molecule has 0 aliphatic carbocycles. The van der Waals surface area contributed by atoms with E-state index in [1.165, 1.54) is 0 Å². The fourth-order valence-corrected chi connectivity index (χ4v) is 2.81. The van der Waals surface area contributed by atoms with Crippen molar-refractivity contribution in [1.29, 1.82) is 0 Å². The molecule has 0 spiro atoms. The molecule has 0 unspecified atom stereocenters. The highest BCUT2D eigenvalue weighted by atomic mass is 79.9. The van der Waals surface area contributed by atoms with E-state index < -0.39 is 0 Å². The van der Waals surface area contributed by atoms with Gasteiger partial charge in [-0.05, 0) is 47.5 Å². The fourth-order valence-electron chi connectivity index (χ4n) is 1.95. The number of benzene rings is 1. The van der Waals surface area contributed by atoms with Crippen molar-refractivity contribution in [2.24, 2.45) is 0 Å². The highest BCUT2D eigenvalue weighted by molar-refractivity contribution is 9.10. The second-order valence-electron chi connectivity index (χ2n) is 4.35. The van der Waals surface area contributed by atoms with Gasteiger partial charge < -0.3 is 10.5 Å². The van der Waals surface area contributed by atoms with E-state index >= 15 is 0 Å². The van der Waals surface area contributed by atoms with Crippen LogP contribution in [0.2, 0.25) is 5.02 Å². The summed E-state index contributed by atoms with van der Waals surface area (Å²) in [6.45, 7) is 5.34. The maximum Gasteiger partial charge on any atom is 0.142 e. The van der Waals surface area contributed by atoms with Crippen LogP contribution in [0.3, 0.4) is 0 Å². The van der Waals surface area contributed by atoms with Gasteiger partial charge in [-0.25, -0.2) is 0 Å². The van der Waals surface area contributed by atoms with Crippen LogP contribution < -0.4 is 10.5 Å². The van der Waals surface area contributed by atoms with Crippen LogP contribution >= 0.6 is 27.5 Å². The normalized spacial score (nSPS) is 10.8. The van der Waals surface area contributed by atoms with E-state index in [0.717, 1.165) is 28.8 Å². The number of aryl methyl sites for hydroxylation is 2. The molecule has 1 aromatic heterocycles. The first-order valence-electron chi connectivity index (χ1n) is 6.48. The van der Waals surface area contributed by atoms with Gasteiger partial charge in [0.1, 0.15) is 12.4 Å². The molecule has 0 fully saturated rings. The van der Waals surface area contributed by atoms with Crippen molar-refractivity contribution >= 4 is 33.2 Å². The minimum absolute atomic E-state index is 0.410.